The van der Waals surface area contributed by atoms with E-state index in [-0.39, 0.29) is 11.9 Å². The van der Waals surface area contributed by atoms with Crippen LogP contribution in [0.2, 0.25) is 5.02 Å². The van der Waals surface area contributed by atoms with Gasteiger partial charge in [-0.25, -0.2) is 0 Å². The van der Waals surface area contributed by atoms with E-state index in [1.165, 1.54) is 0 Å². The maximum absolute atomic E-state index is 12.1. The highest BCUT2D eigenvalue weighted by atomic mass is 35.5. The largest absolute Gasteiger partial charge is 0.390 e. The SMILES string of the molecule is CC(=O)N1CCc2c(c(-c3cccc(C#N)c3)nn2C2c3cc(Cl)ccc3C[C@H]2O)C1. The summed E-state index contributed by atoms with van der Waals surface area (Å²) in [4.78, 5) is 13.9. The maximum atomic E-state index is 12.1. The Labute approximate surface area is 185 Å². The molecule has 0 saturated heterocycles. The van der Waals surface area contributed by atoms with Crippen LogP contribution in [0, 0.1) is 11.3 Å². The van der Waals surface area contributed by atoms with Crippen LogP contribution in [0.4, 0.5) is 0 Å². The summed E-state index contributed by atoms with van der Waals surface area (Å²) >= 11 is 6.27. The number of aliphatic hydroxyl groups is 1. The van der Waals surface area contributed by atoms with Gasteiger partial charge in [0.15, 0.2) is 0 Å². The average Bonchev–Trinajstić information content (AvgIpc) is 3.29. The summed E-state index contributed by atoms with van der Waals surface area (Å²) in [7, 11) is 0. The molecule has 31 heavy (non-hydrogen) atoms. The third-order valence-electron chi connectivity index (χ3n) is 6.28. The van der Waals surface area contributed by atoms with Crippen LogP contribution in [-0.4, -0.2) is 38.3 Å². The van der Waals surface area contributed by atoms with E-state index in [2.05, 4.69) is 6.07 Å². The number of hydrogen-bond acceptors (Lipinski definition) is 4. The fourth-order valence-electron chi connectivity index (χ4n) is 4.78. The van der Waals surface area contributed by atoms with Crippen molar-refractivity contribution < 1.29 is 9.90 Å². The second kappa shape index (κ2) is 7.52. The molecule has 0 radical (unpaired) electrons. The lowest BCUT2D eigenvalue weighted by Gasteiger charge is -2.28. The van der Waals surface area contributed by atoms with Crippen molar-refractivity contribution in [2.24, 2.45) is 0 Å². The Morgan fingerprint density at radius 1 is 1.29 bits per heavy atom. The number of carbonyl (C=O) groups excluding carboxylic acids is 1. The molecule has 2 aromatic carbocycles. The molecule has 0 bridgehead atoms. The summed E-state index contributed by atoms with van der Waals surface area (Å²) in [5, 5.41) is 25.9. The lowest BCUT2D eigenvalue weighted by molar-refractivity contribution is -0.129. The number of halogens is 1. The third-order valence-corrected chi connectivity index (χ3v) is 6.52. The van der Waals surface area contributed by atoms with Crippen molar-refractivity contribution in [1.29, 1.82) is 5.26 Å². The fourth-order valence-corrected chi connectivity index (χ4v) is 4.96. The Hall–Kier alpha value is -3.14. The molecule has 6 nitrogen and oxygen atoms in total. The van der Waals surface area contributed by atoms with E-state index in [1.54, 1.807) is 13.0 Å². The molecule has 3 aromatic rings. The number of carbonyl (C=O) groups is 1. The van der Waals surface area contributed by atoms with Gasteiger partial charge in [0.25, 0.3) is 0 Å². The molecule has 7 heteroatoms. The van der Waals surface area contributed by atoms with E-state index >= 15 is 0 Å². The predicted octanol–water partition coefficient (Wildman–Crippen LogP) is 3.49. The number of benzene rings is 2. The van der Waals surface area contributed by atoms with Crippen molar-refractivity contribution in [1.82, 2.24) is 14.7 Å². The molecule has 0 saturated carbocycles. The molecule has 1 unspecified atom stereocenters. The molecule has 1 aliphatic carbocycles. The van der Waals surface area contributed by atoms with Gasteiger partial charge in [-0.3, -0.25) is 9.48 Å². The lowest BCUT2D eigenvalue weighted by Crippen LogP contribution is -2.35. The second-order valence-electron chi connectivity index (χ2n) is 8.16. The van der Waals surface area contributed by atoms with Crippen LogP contribution in [0.1, 0.15) is 40.9 Å². The molecule has 2 atom stereocenters. The van der Waals surface area contributed by atoms with E-state index in [0.717, 1.165) is 33.6 Å². The maximum Gasteiger partial charge on any atom is 0.219 e. The van der Waals surface area contributed by atoms with Gasteiger partial charge in [-0.15, -0.1) is 0 Å². The minimum absolute atomic E-state index is 0.0214. The first-order chi connectivity index (χ1) is 15.0. The summed E-state index contributed by atoms with van der Waals surface area (Å²) in [5.41, 5.74) is 6.18. The van der Waals surface area contributed by atoms with E-state index < -0.39 is 6.10 Å². The number of aliphatic hydroxyl groups excluding tert-OH is 1. The summed E-state index contributed by atoms with van der Waals surface area (Å²) < 4.78 is 1.92. The van der Waals surface area contributed by atoms with Gasteiger partial charge < -0.3 is 10.0 Å². The van der Waals surface area contributed by atoms with Crippen LogP contribution in [-0.2, 0) is 24.2 Å². The highest BCUT2D eigenvalue weighted by Gasteiger charge is 2.37. The second-order valence-corrected chi connectivity index (χ2v) is 8.60. The fraction of sp³-hybridized carbons (Fsp3) is 0.292. The molecule has 156 valence electrons. The molecule has 2 heterocycles. The van der Waals surface area contributed by atoms with Gasteiger partial charge in [-0.1, -0.05) is 29.8 Å². The summed E-state index contributed by atoms with van der Waals surface area (Å²) in [6.07, 6.45) is 0.588. The van der Waals surface area contributed by atoms with Crippen molar-refractivity contribution in [2.45, 2.75) is 38.5 Å². The third kappa shape index (κ3) is 3.31. The zero-order chi connectivity index (χ0) is 21.7. The van der Waals surface area contributed by atoms with Crippen LogP contribution < -0.4 is 0 Å². The van der Waals surface area contributed by atoms with Gasteiger partial charge in [0, 0.05) is 54.7 Å². The first kappa shape index (κ1) is 19.8. The lowest BCUT2D eigenvalue weighted by atomic mass is 9.99. The van der Waals surface area contributed by atoms with Crippen LogP contribution in [0.3, 0.4) is 0 Å². The molecule has 1 aliphatic heterocycles. The number of hydrogen-bond donors (Lipinski definition) is 1. The standard InChI is InChI=1S/C24H21ClN4O2/c1-14(30)28-8-7-21-20(13-28)23(17-4-2-3-15(9-17)12-26)27-29(21)24-19-11-18(25)6-5-16(19)10-22(24)31/h2-6,9,11,22,24,31H,7-8,10,13H2,1H3/t22-,24?/m1/s1. The van der Waals surface area contributed by atoms with Gasteiger partial charge in [0.2, 0.25) is 5.91 Å². The van der Waals surface area contributed by atoms with E-state index in [0.29, 0.717) is 36.5 Å². The number of nitrogens with zero attached hydrogens (tertiary/aromatic N) is 4. The van der Waals surface area contributed by atoms with Crippen molar-refractivity contribution in [2.75, 3.05) is 6.54 Å². The normalized spacial score (nSPS) is 19.6. The smallest absolute Gasteiger partial charge is 0.219 e. The van der Waals surface area contributed by atoms with Crippen LogP contribution >= 0.6 is 11.6 Å². The monoisotopic (exact) mass is 432 g/mol. The molecule has 5 rings (SSSR count). The quantitative estimate of drug-likeness (QED) is 0.672. The number of fused-ring (bicyclic) bond motifs is 2. The van der Waals surface area contributed by atoms with Crippen molar-refractivity contribution >= 4 is 17.5 Å². The molecule has 0 spiro atoms. The summed E-state index contributed by atoms with van der Waals surface area (Å²) in [6.45, 7) is 2.64. The summed E-state index contributed by atoms with van der Waals surface area (Å²) in [6, 6.07) is 14.9. The molecular formula is C24H21ClN4O2. The minimum Gasteiger partial charge on any atom is -0.390 e. The molecular weight excluding hydrogens is 412 g/mol. The van der Waals surface area contributed by atoms with Crippen LogP contribution in [0.25, 0.3) is 11.3 Å². The van der Waals surface area contributed by atoms with Crippen molar-refractivity contribution in [3.05, 3.63) is 75.4 Å². The Kier molecular flexibility index (Phi) is 4.81. The molecule has 1 amide bonds. The molecule has 1 N–H and O–H groups in total. The number of nitriles is 1. The number of rotatable bonds is 2. The van der Waals surface area contributed by atoms with Crippen LogP contribution in [0.15, 0.2) is 42.5 Å². The topological polar surface area (TPSA) is 82.2 Å². The molecule has 1 aromatic heterocycles. The van der Waals surface area contributed by atoms with Gasteiger partial charge >= 0.3 is 0 Å². The summed E-state index contributed by atoms with van der Waals surface area (Å²) in [5.74, 6) is 0.0214. The first-order valence-corrected chi connectivity index (χ1v) is 10.7. The number of aromatic nitrogens is 2. The zero-order valence-corrected chi connectivity index (χ0v) is 17.8. The molecule has 0 fully saturated rings. The van der Waals surface area contributed by atoms with Crippen LogP contribution in [0.5, 0.6) is 0 Å². The molecule has 2 aliphatic rings. The van der Waals surface area contributed by atoms with Crippen molar-refractivity contribution in [3.8, 4) is 17.3 Å². The van der Waals surface area contributed by atoms with Gasteiger partial charge in [-0.05, 0) is 35.4 Å². The van der Waals surface area contributed by atoms with E-state index in [4.69, 9.17) is 16.7 Å². The minimum atomic E-state index is -0.610. The van der Waals surface area contributed by atoms with E-state index in [9.17, 15) is 15.2 Å². The van der Waals surface area contributed by atoms with Gasteiger partial charge in [0.05, 0.1) is 23.4 Å². The highest BCUT2D eigenvalue weighted by Crippen LogP contribution is 2.40. The highest BCUT2D eigenvalue weighted by molar-refractivity contribution is 6.30. The van der Waals surface area contributed by atoms with Gasteiger partial charge in [0.1, 0.15) is 6.04 Å². The predicted molar refractivity (Wildman–Crippen MR) is 116 cm³/mol. The Morgan fingerprint density at radius 3 is 2.90 bits per heavy atom. The van der Waals surface area contributed by atoms with Crippen molar-refractivity contribution in [3.63, 3.8) is 0 Å². The first-order valence-electron chi connectivity index (χ1n) is 10.3. The van der Waals surface area contributed by atoms with Gasteiger partial charge in [-0.2, -0.15) is 10.4 Å². The number of amides is 1. The Balaban J connectivity index is 1.69. The Bertz CT molecular complexity index is 1240. The zero-order valence-electron chi connectivity index (χ0n) is 17.0. The average molecular weight is 433 g/mol. The van der Waals surface area contributed by atoms with E-state index in [1.807, 2.05) is 46.0 Å². The Morgan fingerprint density at radius 2 is 2.13 bits per heavy atom.